The van der Waals surface area contributed by atoms with E-state index in [1.54, 1.807) is 0 Å². The third-order valence-electron chi connectivity index (χ3n) is 4.67. The number of hydrogen-bond donors (Lipinski definition) is 0. The van der Waals surface area contributed by atoms with Crippen molar-refractivity contribution in [2.45, 2.75) is 25.3 Å². The third-order valence-corrected chi connectivity index (χ3v) is 5.70. The summed E-state index contributed by atoms with van der Waals surface area (Å²) in [6.07, 6.45) is 8.53. The van der Waals surface area contributed by atoms with Gasteiger partial charge in [0.2, 0.25) is 0 Å². The highest BCUT2D eigenvalue weighted by Gasteiger charge is 2.31. The second-order valence-corrected chi connectivity index (χ2v) is 9.28. The van der Waals surface area contributed by atoms with Crippen molar-refractivity contribution >= 4 is 9.84 Å². The molecule has 2 heterocycles. The molecule has 1 aromatic rings. The van der Waals surface area contributed by atoms with Crippen molar-refractivity contribution in [1.82, 2.24) is 19.6 Å². The Bertz CT molecular complexity index is 599. The molecule has 6 nitrogen and oxygen atoms in total. The monoisotopic (exact) mass is 342 g/mol. The number of hydrogen-bond acceptors (Lipinski definition) is 5. The summed E-state index contributed by atoms with van der Waals surface area (Å²) in [4.78, 5) is 4.70. The molecule has 1 saturated heterocycles. The zero-order valence-corrected chi connectivity index (χ0v) is 15.6. The fourth-order valence-electron chi connectivity index (χ4n) is 3.66. The van der Waals surface area contributed by atoms with Gasteiger partial charge in [-0.25, -0.2) is 8.42 Å². The smallest absolute Gasteiger partial charge is 0.147 e. The summed E-state index contributed by atoms with van der Waals surface area (Å²) in [5, 5.41) is 4.33. The highest BCUT2D eigenvalue weighted by molar-refractivity contribution is 7.90. The molecule has 1 fully saturated rings. The summed E-state index contributed by atoms with van der Waals surface area (Å²) in [5.74, 6) is 0.828. The van der Waals surface area contributed by atoms with Gasteiger partial charge in [0.25, 0.3) is 0 Å². The fourth-order valence-corrected chi connectivity index (χ4v) is 4.31. The van der Waals surface area contributed by atoms with Crippen LogP contribution in [0.1, 0.15) is 30.9 Å². The Hall–Kier alpha value is -0.920. The van der Waals surface area contributed by atoms with Gasteiger partial charge in [-0.1, -0.05) is 0 Å². The molecule has 0 aliphatic carbocycles. The Morgan fingerprint density at radius 3 is 2.74 bits per heavy atom. The van der Waals surface area contributed by atoms with Gasteiger partial charge >= 0.3 is 0 Å². The molecule has 0 bridgehead atoms. The first kappa shape index (κ1) is 18.4. The van der Waals surface area contributed by atoms with Crippen LogP contribution in [0.25, 0.3) is 0 Å². The van der Waals surface area contributed by atoms with Crippen LogP contribution in [0.3, 0.4) is 0 Å². The van der Waals surface area contributed by atoms with Crippen molar-refractivity contribution < 1.29 is 8.42 Å². The van der Waals surface area contributed by atoms with Crippen LogP contribution < -0.4 is 0 Å². The lowest BCUT2D eigenvalue weighted by atomic mass is 9.86. The van der Waals surface area contributed by atoms with E-state index in [0.29, 0.717) is 18.4 Å². The summed E-state index contributed by atoms with van der Waals surface area (Å²) >= 11 is 0. The molecule has 23 heavy (non-hydrogen) atoms. The van der Waals surface area contributed by atoms with Gasteiger partial charge in [0.1, 0.15) is 9.84 Å². The quantitative estimate of drug-likeness (QED) is 0.744. The van der Waals surface area contributed by atoms with Gasteiger partial charge in [-0.3, -0.25) is 9.58 Å². The summed E-state index contributed by atoms with van der Waals surface area (Å²) in [5.41, 5.74) is 1.28. The molecule has 2 rings (SSSR count). The Labute approximate surface area is 140 Å². The van der Waals surface area contributed by atoms with Crippen molar-refractivity contribution in [2.75, 3.05) is 45.7 Å². The van der Waals surface area contributed by atoms with Crippen LogP contribution in [0.4, 0.5) is 0 Å². The van der Waals surface area contributed by atoms with Crippen LogP contribution in [0.2, 0.25) is 0 Å². The van der Waals surface area contributed by atoms with Crippen molar-refractivity contribution in [3.8, 4) is 0 Å². The molecule has 1 aliphatic heterocycles. The van der Waals surface area contributed by atoms with Crippen molar-refractivity contribution in [2.24, 2.45) is 13.0 Å². The number of nitrogens with zero attached hydrogens (tertiary/aromatic N) is 4. The maximum Gasteiger partial charge on any atom is 0.147 e. The van der Waals surface area contributed by atoms with Crippen LogP contribution >= 0.6 is 0 Å². The first-order valence-electron chi connectivity index (χ1n) is 8.31. The Kier molecular flexibility index (Phi) is 6.22. The molecule has 0 N–H and O–H groups in total. The lowest BCUT2D eigenvalue weighted by Gasteiger charge is -2.40. The third kappa shape index (κ3) is 5.58. The number of sulfone groups is 1. The second kappa shape index (κ2) is 7.77. The summed E-state index contributed by atoms with van der Waals surface area (Å²) in [6.45, 7) is 2.94. The van der Waals surface area contributed by atoms with Gasteiger partial charge in [-0.2, -0.15) is 5.10 Å². The molecular weight excluding hydrogens is 312 g/mol. The molecular formula is C16H30N4O2S. The van der Waals surface area contributed by atoms with E-state index in [1.807, 2.05) is 17.9 Å². The van der Waals surface area contributed by atoms with E-state index in [0.717, 1.165) is 19.6 Å². The molecule has 2 atom stereocenters. The zero-order valence-electron chi connectivity index (χ0n) is 14.8. The summed E-state index contributed by atoms with van der Waals surface area (Å²) in [7, 11) is 3.38. The van der Waals surface area contributed by atoms with Gasteiger partial charge in [0.15, 0.2) is 0 Å². The van der Waals surface area contributed by atoms with Crippen molar-refractivity contribution in [1.29, 1.82) is 0 Å². The minimum absolute atomic E-state index is 0.272. The van der Waals surface area contributed by atoms with Gasteiger partial charge in [-0.15, -0.1) is 0 Å². The number of likely N-dealkylation sites (tertiary alicyclic amines) is 1. The average molecular weight is 343 g/mol. The van der Waals surface area contributed by atoms with E-state index < -0.39 is 9.84 Å². The maximum absolute atomic E-state index is 11.3. The number of rotatable bonds is 7. The molecule has 1 aliphatic rings. The van der Waals surface area contributed by atoms with E-state index in [4.69, 9.17) is 0 Å². The Balaban J connectivity index is 1.95. The lowest BCUT2D eigenvalue weighted by molar-refractivity contribution is 0.0944. The highest BCUT2D eigenvalue weighted by Crippen LogP contribution is 2.35. The van der Waals surface area contributed by atoms with E-state index in [9.17, 15) is 8.42 Å². The van der Waals surface area contributed by atoms with Crippen molar-refractivity contribution in [3.05, 3.63) is 18.0 Å². The normalized spacial score (nSPS) is 23.5. The van der Waals surface area contributed by atoms with E-state index in [2.05, 4.69) is 35.2 Å². The maximum atomic E-state index is 11.3. The first-order chi connectivity index (χ1) is 10.8. The standard InChI is InChI=1S/C16H30N4O2S/c1-18(8-6-10-23(4,21)22)12-14-7-5-9-19(2)16(14)15-11-17-20(3)13-15/h11,13-14,16H,5-10,12H2,1-4H3/t14-,16+/m0/s1. The van der Waals surface area contributed by atoms with Gasteiger partial charge < -0.3 is 4.90 Å². The van der Waals surface area contributed by atoms with Crippen LogP contribution in [0.5, 0.6) is 0 Å². The predicted molar refractivity (Wildman–Crippen MR) is 93.1 cm³/mol. The van der Waals surface area contributed by atoms with E-state index >= 15 is 0 Å². The lowest BCUT2D eigenvalue weighted by Crippen LogP contribution is -2.41. The Morgan fingerprint density at radius 1 is 1.39 bits per heavy atom. The molecule has 132 valence electrons. The molecule has 0 radical (unpaired) electrons. The average Bonchev–Trinajstić information content (AvgIpc) is 2.83. The van der Waals surface area contributed by atoms with Crippen LogP contribution in [0.15, 0.2) is 12.4 Å². The molecule has 0 amide bonds. The molecule has 0 unspecified atom stereocenters. The zero-order chi connectivity index (χ0) is 17.0. The van der Waals surface area contributed by atoms with Crippen molar-refractivity contribution in [3.63, 3.8) is 0 Å². The van der Waals surface area contributed by atoms with Gasteiger partial charge in [0, 0.05) is 37.7 Å². The fraction of sp³-hybridized carbons (Fsp3) is 0.812. The highest BCUT2D eigenvalue weighted by atomic mass is 32.2. The number of aryl methyl sites for hydroxylation is 1. The minimum atomic E-state index is -2.86. The van der Waals surface area contributed by atoms with Gasteiger partial charge in [0.05, 0.1) is 11.9 Å². The predicted octanol–water partition coefficient (Wildman–Crippen LogP) is 1.17. The minimum Gasteiger partial charge on any atom is -0.306 e. The Morgan fingerprint density at radius 2 is 2.13 bits per heavy atom. The molecule has 0 saturated carbocycles. The van der Waals surface area contributed by atoms with Crippen LogP contribution in [-0.4, -0.2) is 73.7 Å². The van der Waals surface area contributed by atoms with E-state index in [-0.39, 0.29) is 5.75 Å². The second-order valence-electron chi connectivity index (χ2n) is 7.02. The largest absolute Gasteiger partial charge is 0.306 e. The molecule has 0 spiro atoms. The topological polar surface area (TPSA) is 58.4 Å². The first-order valence-corrected chi connectivity index (χ1v) is 10.4. The molecule has 7 heteroatoms. The summed E-state index contributed by atoms with van der Waals surface area (Å²) in [6, 6.07) is 0.398. The van der Waals surface area contributed by atoms with Gasteiger partial charge in [-0.05, 0) is 52.4 Å². The molecule has 1 aromatic heterocycles. The van der Waals surface area contributed by atoms with E-state index in [1.165, 1.54) is 24.7 Å². The van der Waals surface area contributed by atoms with Crippen LogP contribution in [0, 0.1) is 5.92 Å². The number of aromatic nitrogens is 2. The van der Waals surface area contributed by atoms with Crippen LogP contribution in [-0.2, 0) is 16.9 Å². The molecule has 0 aromatic carbocycles. The number of piperidine rings is 1. The summed E-state index contributed by atoms with van der Waals surface area (Å²) < 4.78 is 24.4. The SMILES string of the molecule is CN(CCCS(C)(=O)=O)C[C@@H]1CCCN(C)[C@H]1c1cnn(C)c1.